The Balaban J connectivity index is 1.21. The molecule has 8 nitrogen and oxygen atoms in total. The number of fused-ring (bicyclic) bond motifs is 3. The Labute approximate surface area is 198 Å². The fourth-order valence-electron chi connectivity index (χ4n) is 5.80. The summed E-state index contributed by atoms with van der Waals surface area (Å²) in [6, 6.07) is 10.3. The number of rotatable bonds is 5. The smallest absolute Gasteiger partial charge is 0.163 e. The molecule has 4 heterocycles. The van der Waals surface area contributed by atoms with Crippen LogP contribution in [0.25, 0.3) is 21.9 Å². The number of nitrogens with zero attached hydrogens (tertiary/aromatic N) is 4. The maximum atomic E-state index is 6.40. The van der Waals surface area contributed by atoms with Gasteiger partial charge in [-0.05, 0) is 69.2 Å². The molecule has 4 atom stereocenters. The topological polar surface area (TPSA) is 114 Å². The van der Waals surface area contributed by atoms with E-state index in [4.69, 9.17) is 20.9 Å². The number of anilines is 2. The molecule has 0 spiro atoms. The van der Waals surface area contributed by atoms with Gasteiger partial charge in [-0.25, -0.2) is 9.97 Å². The number of para-hydroxylation sites is 1. The van der Waals surface area contributed by atoms with Gasteiger partial charge in [0.2, 0.25) is 0 Å². The van der Waals surface area contributed by atoms with Gasteiger partial charge in [0.1, 0.15) is 23.9 Å². The zero-order valence-electron chi connectivity index (χ0n) is 19.5. The van der Waals surface area contributed by atoms with Crippen molar-refractivity contribution in [3.63, 3.8) is 0 Å². The molecule has 1 saturated carbocycles. The van der Waals surface area contributed by atoms with Crippen LogP contribution in [0, 0.1) is 5.92 Å². The summed E-state index contributed by atoms with van der Waals surface area (Å²) in [5, 5.41) is 1.97. The highest BCUT2D eigenvalue weighted by Crippen LogP contribution is 2.49. The summed E-state index contributed by atoms with van der Waals surface area (Å²) < 4.78 is 15.0. The molecular formula is C26H30N6O2. The monoisotopic (exact) mass is 458 g/mol. The molecule has 6 rings (SSSR count). The van der Waals surface area contributed by atoms with Crippen molar-refractivity contribution < 1.29 is 9.47 Å². The van der Waals surface area contributed by atoms with Gasteiger partial charge in [-0.1, -0.05) is 12.1 Å². The van der Waals surface area contributed by atoms with Crippen LogP contribution in [-0.4, -0.2) is 37.5 Å². The first-order valence-electron chi connectivity index (χ1n) is 12.0. The van der Waals surface area contributed by atoms with Gasteiger partial charge in [-0.15, -0.1) is 0 Å². The molecule has 2 fully saturated rings. The second kappa shape index (κ2) is 7.92. The minimum absolute atomic E-state index is 0.0166. The first-order chi connectivity index (χ1) is 16.4. The van der Waals surface area contributed by atoms with Gasteiger partial charge in [-0.2, -0.15) is 0 Å². The Hall–Kier alpha value is -3.23. The summed E-state index contributed by atoms with van der Waals surface area (Å²) in [5.74, 6) is 0.313. The van der Waals surface area contributed by atoms with Gasteiger partial charge in [0.25, 0.3) is 0 Å². The number of aromatic nitrogens is 4. The van der Waals surface area contributed by atoms with E-state index in [9.17, 15) is 0 Å². The lowest BCUT2D eigenvalue weighted by atomic mass is 9.96. The third-order valence-electron chi connectivity index (χ3n) is 7.29. The van der Waals surface area contributed by atoms with Crippen LogP contribution in [0.4, 0.5) is 11.5 Å². The van der Waals surface area contributed by atoms with Crippen LogP contribution in [0.2, 0.25) is 0 Å². The summed E-state index contributed by atoms with van der Waals surface area (Å²) in [7, 11) is 0. The van der Waals surface area contributed by atoms with E-state index in [0.717, 1.165) is 53.3 Å². The van der Waals surface area contributed by atoms with Crippen molar-refractivity contribution in [3.8, 4) is 0 Å². The number of ether oxygens (including phenoxy) is 2. The highest BCUT2D eigenvalue weighted by Gasteiger charge is 2.54. The summed E-state index contributed by atoms with van der Waals surface area (Å²) in [6.07, 6.45) is 9.64. The summed E-state index contributed by atoms with van der Waals surface area (Å²) in [5.41, 5.74) is 15.8. The summed E-state index contributed by atoms with van der Waals surface area (Å²) in [6.45, 7) is 4.00. The van der Waals surface area contributed by atoms with Gasteiger partial charge in [0.15, 0.2) is 5.79 Å². The zero-order valence-corrected chi connectivity index (χ0v) is 19.5. The lowest BCUT2D eigenvalue weighted by Crippen LogP contribution is -2.27. The lowest BCUT2D eigenvalue weighted by molar-refractivity contribution is -0.160. The average molecular weight is 459 g/mol. The molecule has 1 aromatic carbocycles. The normalized spacial score (nSPS) is 25.8. The third-order valence-corrected chi connectivity index (χ3v) is 7.29. The van der Waals surface area contributed by atoms with Crippen LogP contribution < -0.4 is 11.5 Å². The number of hydrogen-bond donors (Lipinski definition) is 2. The van der Waals surface area contributed by atoms with Crippen LogP contribution in [-0.2, 0) is 15.9 Å². The number of aryl methyl sites for hydroxylation is 1. The number of hydrogen-bond acceptors (Lipinski definition) is 7. The number of nitrogens with two attached hydrogens (primary N) is 2. The Morgan fingerprint density at radius 3 is 2.82 bits per heavy atom. The van der Waals surface area contributed by atoms with Crippen molar-refractivity contribution in [2.24, 2.45) is 5.92 Å². The van der Waals surface area contributed by atoms with Crippen molar-refractivity contribution in [2.45, 2.75) is 63.6 Å². The van der Waals surface area contributed by atoms with Crippen LogP contribution in [0.1, 0.15) is 44.7 Å². The quantitative estimate of drug-likeness (QED) is 0.430. The van der Waals surface area contributed by atoms with Gasteiger partial charge < -0.3 is 25.5 Å². The maximum Gasteiger partial charge on any atom is 0.163 e. The Kier molecular flexibility index (Phi) is 4.97. The number of benzene rings is 1. The van der Waals surface area contributed by atoms with Gasteiger partial charge >= 0.3 is 0 Å². The molecule has 176 valence electrons. The molecule has 4 N–H and O–H groups in total. The fraction of sp³-hybridized carbons (Fsp3) is 0.423. The molecule has 0 bridgehead atoms. The molecule has 0 radical (unpaired) electrons. The first-order valence-corrected chi connectivity index (χ1v) is 12.0. The van der Waals surface area contributed by atoms with Gasteiger partial charge in [-0.3, -0.25) is 4.98 Å². The van der Waals surface area contributed by atoms with E-state index in [1.54, 1.807) is 0 Å². The highest BCUT2D eigenvalue weighted by molar-refractivity contribution is 5.89. The third kappa shape index (κ3) is 3.58. The van der Waals surface area contributed by atoms with E-state index in [1.165, 1.54) is 11.9 Å². The first kappa shape index (κ1) is 21.3. The van der Waals surface area contributed by atoms with Crippen LogP contribution in [0.5, 0.6) is 0 Å². The molecule has 1 saturated heterocycles. The predicted molar refractivity (Wildman–Crippen MR) is 132 cm³/mol. The van der Waals surface area contributed by atoms with Crippen LogP contribution in [0.15, 0.2) is 49.1 Å². The molecule has 1 aliphatic carbocycles. The van der Waals surface area contributed by atoms with Gasteiger partial charge in [0, 0.05) is 17.8 Å². The molecule has 0 unspecified atom stereocenters. The van der Waals surface area contributed by atoms with Crippen molar-refractivity contribution in [2.75, 3.05) is 11.5 Å². The van der Waals surface area contributed by atoms with E-state index in [1.807, 2.05) is 38.2 Å². The molecule has 2 aliphatic rings. The van der Waals surface area contributed by atoms with Crippen molar-refractivity contribution in [3.05, 3.63) is 54.6 Å². The number of nitrogen functional groups attached to an aromatic ring is 2. The SMILES string of the molecule is CC1(C)O[C@@H]2[C@@H](CCCc3cnc4c(N)cccc4c3)C[C@@H](n3ccc4c(N)ncnc43)[C@@H]2O1. The van der Waals surface area contributed by atoms with Crippen LogP contribution in [0.3, 0.4) is 0 Å². The summed E-state index contributed by atoms with van der Waals surface area (Å²) in [4.78, 5) is 13.2. The largest absolute Gasteiger partial charge is 0.397 e. The number of pyridine rings is 1. The van der Waals surface area contributed by atoms with Crippen molar-refractivity contribution in [1.29, 1.82) is 0 Å². The predicted octanol–water partition coefficient (Wildman–Crippen LogP) is 4.25. The van der Waals surface area contributed by atoms with Crippen LogP contribution >= 0.6 is 0 Å². The van der Waals surface area contributed by atoms with Crippen molar-refractivity contribution >= 4 is 33.4 Å². The average Bonchev–Trinajstić information content (AvgIpc) is 3.46. The standard InChI is InChI=1S/C26H30N6O2/c1-26(2)33-22-17(7-3-5-15-11-16-6-4-8-19(27)21(16)29-13-15)12-20(23(22)34-26)32-10-9-18-24(28)30-14-31-25(18)32/h4,6,8-11,13-14,17,20,22-23H,3,5,7,12,27H2,1-2H3,(H2,28,30,31)/t17-,20+,22+,23-/m0/s1. The molecule has 1 aliphatic heterocycles. The maximum absolute atomic E-state index is 6.40. The second-order valence-electron chi connectivity index (χ2n) is 10.0. The molecule has 0 amide bonds. The minimum atomic E-state index is -0.592. The molecule has 34 heavy (non-hydrogen) atoms. The Bertz CT molecular complexity index is 1370. The van der Waals surface area contributed by atoms with E-state index in [2.05, 4.69) is 37.8 Å². The lowest BCUT2D eigenvalue weighted by Gasteiger charge is -2.24. The molecular weight excluding hydrogens is 428 g/mol. The zero-order chi connectivity index (χ0) is 23.4. The van der Waals surface area contributed by atoms with Crippen molar-refractivity contribution in [1.82, 2.24) is 19.5 Å². The van der Waals surface area contributed by atoms with E-state index in [-0.39, 0.29) is 18.2 Å². The highest BCUT2D eigenvalue weighted by atomic mass is 16.8. The molecule has 4 aromatic rings. The van der Waals surface area contributed by atoms with E-state index < -0.39 is 5.79 Å². The minimum Gasteiger partial charge on any atom is -0.397 e. The van der Waals surface area contributed by atoms with E-state index >= 15 is 0 Å². The molecule has 8 heteroatoms. The molecule has 3 aromatic heterocycles. The van der Waals surface area contributed by atoms with Gasteiger partial charge in [0.05, 0.1) is 28.7 Å². The van der Waals surface area contributed by atoms with E-state index in [0.29, 0.717) is 11.7 Å². The summed E-state index contributed by atoms with van der Waals surface area (Å²) >= 11 is 0. The second-order valence-corrected chi connectivity index (χ2v) is 10.0. The Morgan fingerprint density at radius 1 is 1.09 bits per heavy atom. The fourth-order valence-corrected chi connectivity index (χ4v) is 5.80. The Morgan fingerprint density at radius 2 is 1.94 bits per heavy atom.